The zero-order chi connectivity index (χ0) is 30.3. The van der Waals surface area contributed by atoms with E-state index in [0.29, 0.717) is 5.69 Å². The third-order valence-electron chi connectivity index (χ3n) is 7.87. The first-order valence-corrected chi connectivity index (χ1v) is 13.4. The lowest BCUT2D eigenvalue weighted by molar-refractivity contribution is -0.181. The Kier molecular flexibility index (Phi) is 6.92. The predicted octanol–water partition coefficient (Wildman–Crippen LogP) is -0.544. The molecule has 0 bridgehead atoms. The topological polar surface area (TPSA) is 181 Å². The van der Waals surface area contributed by atoms with Crippen LogP contribution in [-0.2, 0) is 35.7 Å². The van der Waals surface area contributed by atoms with Gasteiger partial charge in [0.1, 0.15) is 0 Å². The summed E-state index contributed by atoms with van der Waals surface area (Å²) in [5.41, 5.74) is -3.76. The van der Waals surface area contributed by atoms with Crippen LogP contribution in [0, 0.1) is 23.7 Å². The van der Waals surface area contributed by atoms with Crippen molar-refractivity contribution in [2.24, 2.45) is 29.4 Å². The van der Waals surface area contributed by atoms with E-state index in [1.807, 2.05) is 0 Å². The highest BCUT2D eigenvalue weighted by Crippen LogP contribution is 2.52. The van der Waals surface area contributed by atoms with Crippen molar-refractivity contribution in [1.82, 2.24) is 4.90 Å². The van der Waals surface area contributed by atoms with E-state index < -0.39 is 91.3 Å². The van der Waals surface area contributed by atoms with Crippen molar-refractivity contribution in [2.45, 2.75) is 30.0 Å². The molecule has 0 aromatic heterocycles. The zero-order valence-corrected chi connectivity index (χ0v) is 22.5. The number of fused-ring (bicyclic) bond motifs is 3. The number of likely N-dealkylation sites (N-methyl/N-ethyl adjacent to an activating group) is 1. The van der Waals surface area contributed by atoms with Gasteiger partial charge in [0.15, 0.2) is 40.4 Å². The van der Waals surface area contributed by atoms with E-state index in [9.17, 15) is 50.7 Å². The Balaban J connectivity index is 1.91. The maximum absolute atomic E-state index is 13.8. The van der Waals surface area contributed by atoms with Crippen LogP contribution in [0.3, 0.4) is 0 Å². The van der Waals surface area contributed by atoms with Gasteiger partial charge in [0.05, 0.1) is 17.5 Å². The van der Waals surface area contributed by atoms with Crippen LogP contribution in [0.15, 0.2) is 12.1 Å². The van der Waals surface area contributed by atoms with Crippen molar-refractivity contribution in [3.05, 3.63) is 23.3 Å². The first kappa shape index (κ1) is 29.6. The number of alkyl halides is 3. The Morgan fingerprint density at radius 2 is 1.70 bits per heavy atom. The lowest BCUT2D eigenvalue weighted by Gasteiger charge is -2.52. The van der Waals surface area contributed by atoms with Gasteiger partial charge in [-0.05, 0) is 50.6 Å². The van der Waals surface area contributed by atoms with Gasteiger partial charge in [-0.15, -0.1) is 0 Å². The average molecular weight is 590 g/mol. The number of carbonyl (C=O) groups excluding carboxylic acids is 5. The Labute approximate surface area is 226 Å². The largest absolute Gasteiger partial charge is 0.534 e. The zero-order valence-electron chi connectivity index (χ0n) is 21.7. The van der Waals surface area contributed by atoms with Crippen LogP contribution < -0.4 is 14.8 Å². The summed E-state index contributed by atoms with van der Waals surface area (Å²) in [7, 11) is -0.216. The summed E-state index contributed by atoms with van der Waals surface area (Å²) >= 11 is 0. The lowest BCUT2D eigenvalue weighted by Crippen LogP contribution is -2.74. The van der Waals surface area contributed by atoms with Crippen molar-refractivity contribution in [1.29, 1.82) is 0 Å². The summed E-state index contributed by atoms with van der Waals surface area (Å²) in [6, 6.07) is 0.792. The van der Waals surface area contributed by atoms with Gasteiger partial charge in [0.25, 0.3) is 0 Å². The summed E-state index contributed by atoms with van der Waals surface area (Å²) in [6.07, 6.45) is -0.398. The van der Waals surface area contributed by atoms with E-state index in [0.717, 1.165) is 6.07 Å². The summed E-state index contributed by atoms with van der Waals surface area (Å²) in [6.45, 7) is 0. The number of nitrogens with two attached hydrogens (primary N) is 1. The third kappa shape index (κ3) is 4.11. The molecule has 12 nitrogen and oxygen atoms in total. The van der Waals surface area contributed by atoms with Crippen molar-refractivity contribution in [3.8, 4) is 5.75 Å². The standard InChI is InChI=1S/C24H26F3N3O9S/c1-29(2)12-5-6-13(39-40(37,38)24(25,26)27)15-10(12)7-9-8-11-17(30(3)4)19(32)16(22(28)35)21(34)23(11,36)20(33)14(9)18(15)31/h5-6,9,11,14,16-17,36H,7-8H2,1-4H3,(H2,28,35)/t9-,11-,14?,16?,17-,23-/m0/s1. The molecule has 0 spiro atoms. The highest BCUT2D eigenvalue weighted by molar-refractivity contribution is 7.88. The molecule has 218 valence electrons. The molecule has 16 heteroatoms. The summed E-state index contributed by atoms with van der Waals surface area (Å²) < 4.78 is 67.2. The van der Waals surface area contributed by atoms with Gasteiger partial charge in [0, 0.05) is 25.7 Å². The van der Waals surface area contributed by atoms with E-state index in [2.05, 4.69) is 4.18 Å². The molecular formula is C24H26F3N3O9S. The molecule has 1 aromatic carbocycles. The number of benzene rings is 1. The number of anilines is 1. The first-order chi connectivity index (χ1) is 18.3. The number of Topliss-reactive ketones (excluding diaryl/α,β-unsaturated/α-hetero) is 4. The summed E-state index contributed by atoms with van der Waals surface area (Å²) in [4.78, 5) is 69.0. The van der Waals surface area contributed by atoms with Gasteiger partial charge in [-0.1, -0.05) is 0 Å². The molecule has 1 aromatic rings. The Morgan fingerprint density at radius 1 is 1.10 bits per heavy atom. The third-order valence-corrected chi connectivity index (χ3v) is 8.83. The summed E-state index contributed by atoms with van der Waals surface area (Å²) in [5.74, 6) is -13.6. The number of primary amides is 1. The van der Waals surface area contributed by atoms with Crippen LogP contribution in [0.1, 0.15) is 22.3 Å². The van der Waals surface area contributed by atoms with Gasteiger partial charge < -0.3 is 19.9 Å². The molecule has 3 N–H and O–H groups in total. The van der Waals surface area contributed by atoms with Crippen LogP contribution in [0.25, 0.3) is 0 Å². The second-order valence-electron chi connectivity index (χ2n) is 10.6. The molecule has 0 aliphatic heterocycles. The molecule has 2 saturated carbocycles. The Morgan fingerprint density at radius 3 is 2.20 bits per heavy atom. The molecular weight excluding hydrogens is 563 g/mol. The summed E-state index contributed by atoms with van der Waals surface area (Å²) in [5, 5.41) is 11.6. The molecule has 6 atom stereocenters. The van der Waals surface area contributed by atoms with E-state index in [4.69, 9.17) is 5.73 Å². The number of aliphatic hydroxyl groups is 1. The molecule has 0 heterocycles. The quantitative estimate of drug-likeness (QED) is 0.256. The van der Waals surface area contributed by atoms with Gasteiger partial charge in [-0.2, -0.15) is 21.6 Å². The van der Waals surface area contributed by atoms with Crippen molar-refractivity contribution >= 4 is 44.8 Å². The van der Waals surface area contributed by atoms with Gasteiger partial charge in [0.2, 0.25) is 5.91 Å². The monoisotopic (exact) mass is 589 g/mol. The molecule has 1 amide bonds. The number of hydrogen-bond donors (Lipinski definition) is 2. The number of carbonyl (C=O) groups is 5. The fourth-order valence-corrected chi connectivity index (χ4v) is 6.70. The minimum atomic E-state index is -6.21. The molecule has 2 unspecified atom stereocenters. The molecule has 40 heavy (non-hydrogen) atoms. The van der Waals surface area contributed by atoms with Crippen molar-refractivity contribution in [2.75, 3.05) is 33.1 Å². The molecule has 4 rings (SSSR count). The van der Waals surface area contributed by atoms with Crippen LogP contribution in [0.2, 0.25) is 0 Å². The van der Waals surface area contributed by atoms with Crippen LogP contribution in [0.5, 0.6) is 5.75 Å². The first-order valence-electron chi connectivity index (χ1n) is 12.0. The fraction of sp³-hybridized carbons (Fsp3) is 0.542. The average Bonchev–Trinajstić information content (AvgIpc) is 2.79. The van der Waals surface area contributed by atoms with Crippen molar-refractivity contribution < 1.29 is 54.9 Å². The van der Waals surface area contributed by atoms with E-state index in [1.54, 1.807) is 14.1 Å². The van der Waals surface area contributed by atoms with Gasteiger partial charge in [-0.25, -0.2) is 0 Å². The SMILES string of the molecule is CN(C)c1ccc(OS(=O)(=O)C(F)(F)F)c2c1C[C@H]1C[C@H]3[C@H](N(C)C)C(=O)C(C(N)=O)C(=O)[C@@]3(O)C(=O)C1C2=O. The second-order valence-corrected chi connectivity index (χ2v) is 12.1. The maximum Gasteiger partial charge on any atom is 0.534 e. The van der Waals surface area contributed by atoms with Gasteiger partial charge >= 0.3 is 15.6 Å². The minimum absolute atomic E-state index is 0.0919. The fourth-order valence-electron chi connectivity index (χ4n) is 6.23. The Bertz CT molecular complexity index is 1460. The molecule has 2 fully saturated rings. The molecule has 0 saturated heterocycles. The number of amides is 1. The minimum Gasteiger partial charge on any atom is -0.377 e. The van der Waals surface area contributed by atoms with E-state index in [-0.39, 0.29) is 18.4 Å². The van der Waals surface area contributed by atoms with Gasteiger partial charge in [-0.3, -0.25) is 28.9 Å². The lowest BCUT2D eigenvalue weighted by atomic mass is 9.52. The molecule has 0 radical (unpaired) electrons. The predicted molar refractivity (Wildman–Crippen MR) is 130 cm³/mol. The number of hydrogen-bond acceptors (Lipinski definition) is 11. The maximum atomic E-state index is 13.8. The number of rotatable bonds is 5. The smallest absolute Gasteiger partial charge is 0.377 e. The second kappa shape index (κ2) is 9.34. The molecule has 3 aliphatic rings. The van der Waals surface area contributed by atoms with Crippen molar-refractivity contribution in [3.63, 3.8) is 0 Å². The number of ketones is 4. The number of nitrogens with zero attached hydrogens (tertiary/aromatic N) is 2. The number of halogens is 3. The normalized spacial score (nSPS) is 30.5. The molecule has 3 aliphatic carbocycles. The highest BCUT2D eigenvalue weighted by atomic mass is 32.2. The Hall–Kier alpha value is -3.37. The van der Waals surface area contributed by atoms with Crippen LogP contribution in [-0.4, -0.2) is 92.8 Å². The van der Waals surface area contributed by atoms with E-state index >= 15 is 0 Å². The van der Waals surface area contributed by atoms with E-state index in [1.165, 1.54) is 30.0 Å². The highest BCUT2D eigenvalue weighted by Gasteiger charge is 2.69. The van der Waals surface area contributed by atoms with Crippen LogP contribution in [0.4, 0.5) is 18.9 Å². The van der Waals surface area contributed by atoms with Crippen LogP contribution >= 0.6 is 0 Å².